The lowest BCUT2D eigenvalue weighted by molar-refractivity contribution is -0.133. The van der Waals surface area contributed by atoms with Gasteiger partial charge in [0.05, 0.1) is 11.4 Å². The predicted molar refractivity (Wildman–Crippen MR) is 60.5 cm³/mol. The van der Waals surface area contributed by atoms with Crippen LogP contribution in [0.15, 0.2) is 12.1 Å². The molecule has 0 saturated heterocycles. The van der Waals surface area contributed by atoms with Gasteiger partial charge < -0.3 is 10.4 Å². The molecule has 0 amide bonds. The Kier molecular flexibility index (Phi) is 4.91. The minimum Gasteiger partial charge on any atom is -0.506 e. The fourth-order valence-corrected chi connectivity index (χ4v) is 1.74. The molecule has 1 aromatic rings. The van der Waals surface area contributed by atoms with Crippen LogP contribution in [0.2, 0.25) is 10.0 Å². The predicted octanol–water partition coefficient (Wildman–Crippen LogP) is 3.74. The Morgan fingerprint density at radius 1 is 1.24 bits per heavy atom. The van der Waals surface area contributed by atoms with Crippen molar-refractivity contribution in [2.24, 2.45) is 0 Å². The molecule has 2 nitrogen and oxygen atoms in total. The van der Waals surface area contributed by atoms with E-state index >= 15 is 0 Å². The fraction of sp³-hybridized carbons (Fsp3) is 0.400. The Morgan fingerprint density at radius 2 is 1.88 bits per heavy atom. The molecular weight excluding hydrogens is 278 g/mol. The van der Waals surface area contributed by atoms with Gasteiger partial charge >= 0.3 is 6.18 Å². The van der Waals surface area contributed by atoms with Crippen molar-refractivity contribution < 1.29 is 18.3 Å². The largest absolute Gasteiger partial charge is 0.506 e. The van der Waals surface area contributed by atoms with Crippen LogP contribution in [-0.2, 0) is 6.54 Å². The van der Waals surface area contributed by atoms with Crippen molar-refractivity contribution in [3.05, 3.63) is 27.7 Å². The van der Waals surface area contributed by atoms with E-state index in [2.05, 4.69) is 5.32 Å². The molecule has 0 saturated carbocycles. The van der Waals surface area contributed by atoms with Crippen molar-refractivity contribution in [3.63, 3.8) is 0 Å². The molecule has 1 rings (SSSR count). The lowest BCUT2D eigenvalue weighted by Crippen LogP contribution is -2.21. The molecule has 96 valence electrons. The van der Waals surface area contributed by atoms with Gasteiger partial charge in [-0.3, -0.25) is 0 Å². The van der Waals surface area contributed by atoms with Crippen molar-refractivity contribution in [1.82, 2.24) is 5.32 Å². The zero-order valence-electron chi connectivity index (χ0n) is 8.61. The highest BCUT2D eigenvalue weighted by molar-refractivity contribution is 6.35. The third-order valence-corrected chi connectivity index (χ3v) is 2.51. The monoisotopic (exact) mass is 287 g/mol. The van der Waals surface area contributed by atoms with Gasteiger partial charge in [0.2, 0.25) is 0 Å². The second-order valence-corrected chi connectivity index (χ2v) is 4.28. The number of phenols is 1. The summed E-state index contributed by atoms with van der Waals surface area (Å²) in [5.74, 6) is -0.171. The third-order valence-electron chi connectivity index (χ3n) is 2.01. The van der Waals surface area contributed by atoms with Gasteiger partial charge in [0.1, 0.15) is 5.75 Å². The summed E-state index contributed by atoms with van der Waals surface area (Å²) in [7, 11) is 0. The Morgan fingerprint density at radius 3 is 2.47 bits per heavy atom. The maximum Gasteiger partial charge on any atom is 0.390 e. The van der Waals surface area contributed by atoms with Crippen LogP contribution in [0.3, 0.4) is 0 Å². The standard InChI is InChI=1S/C10H10Cl2F3NO/c11-7-3-6(9(17)8(12)4-7)5-16-2-1-10(13,14)15/h3-4,16-17H,1-2,5H2. The molecule has 0 bridgehead atoms. The molecule has 7 heteroatoms. The maximum atomic E-state index is 11.9. The number of hydrogen-bond donors (Lipinski definition) is 2. The Labute approximate surface area is 106 Å². The van der Waals surface area contributed by atoms with Gasteiger partial charge in [-0.25, -0.2) is 0 Å². The first-order valence-electron chi connectivity index (χ1n) is 4.74. The molecule has 0 heterocycles. The number of hydrogen-bond acceptors (Lipinski definition) is 2. The lowest BCUT2D eigenvalue weighted by atomic mass is 10.2. The molecule has 0 fully saturated rings. The van der Waals surface area contributed by atoms with E-state index in [4.69, 9.17) is 23.2 Å². The van der Waals surface area contributed by atoms with E-state index < -0.39 is 12.6 Å². The summed E-state index contributed by atoms with van der Waals surface area (Å²) < 4.78 is 35.6. The summed E-state index contributed by atoms with van der Waals surface area (Å²) in [5, 5.41) is 12.5. The van der Waals surface area contributed by atoms with Gasteiger partial charge in [-0.05, 0) is 12.1 Å². The van der Waals surface area contributed by atoms with Crippen LogP contribution in [0.5, 0.6) is 5.75 Å². The highest BCUT2D eigenvalue weighted by Crippen LogP contribution is 2.31. The van der Waals surface area contributed by atoms with Crippen LogP contribution in [-0.4, -0.2) is 17.8 Å². The van der Waals surface area contributed by atoms with E-state index in [9.17, 15) is 18.3 Å². The van der Waals surface area contributed by atoms with Crippen LogP contribution in [0, 0.1) is 0 Å². The molecule has 0 radical (unpaired) electrons. The van der Waals surface area contributed by atoms with Gasteiger partial charge in [0.15, 0.2) is 0 Å². The first-order valence-corrected chi connectivity index (χ1v) is 5.49. The Bertz CT molecular complexity index is 396. The molecule has 0 atom stereocenters. The minimum atomic E-state index is -4.19. The summed E-state index contributed by atoms with van der Waals surface area (Å²) in [6, 6.07) is 2.81. The first-order chi connectivity index (χ1) is 7.79. The van der Waals surface area contributed by atoms with Gasteiger partial charge in [-0.2, -0.15) is 13.2 Å². The van der Waals surface area contributed by atoms with E-state index in [1.54, 1.807) is 0 Å². The minimum absolute atomic E-state index is 0.0716. The zero-order valence-corrected chi connectivity index (χ0v) is 10.1. The van der Waals surface area contributed by atoms with Crippen LogP contribution in [0.4, 0.5) is 13.2 Å². The molecule has 0 aromatic heterocycles. The molecule has 0 aliphatic rings. The maximum absolute atomic E-state index is 11.9. The molecule has 17 heavy (non-hydrogen) atoms. The topological polar surface area (TPSA) is 32.3 Å². The number of benzene rings is 1. The highest BCUT2D eigenvalue weighted by Gasteiger charge is 2.25. The number of aromatic hydroxyl groups is 1. The molecular formula is C10H10Cl2F3NO. The van der Waals surface area contributed by atoms with Gasteiger partial charge in [-0.1, -0.05) is 23.2 Å². The number of alkyl halides is 3. The van der Waals surface area contributed by atoms with Crippen LogP contribution >= 0.6 is 23.2 Å². The molecule has 1 aromatic carbocycles. The first kappa shape index (κ1) is 14.4. The van der Waals surface area contributed by atoms with Crippen molar-refractivity contribution in [2.75, 3.05) is 6.54 Å². The summed E-state index contributed by atoms with van der Waals surface area (Å²) in [6.07, 6.45) is -5.12. The number of nitrogens with one attached hydrogen (secondary N) is 1. The van der Waals surface area contributed by atoms with Gasteiger partial charge in [-0.15, -0.1) is 0 Å². The zero-order chi connectivity index (χ0) is 13.1. The van der Waals surface area contributed by atoms with Gasteiger partial charge in [0.25, 0.3) is 0 Å². The second-order valence-electron chi connectivity index (χ2n) is 3.44. The normalized spacial score (nSPS) is 11.8. The molecule has 0 spiro atoms. The number of rotatable bonds is 4. The average Bonchev–Trinajstić information content (AvgIpc) is 2.18. The summed E-state index contributed by atoms with van der Waals surface area (Å²) in [5.41, 5.74) is 0.365. The molecule has 0 unspecified atom stereocenters. The van der Waals surface area contributed by atoms with Crippen molar-refractivity contribution in [1.29, 1.82) is 0 Å². The van der Waals surface area contributed by atoms with Crippen molar-refractivity contribution >= 4 is 23.2 Å². The fourth-order valence-electron chi connectivity index (χ4n) is 1.21. The second kappa shape index (κ2) is 5.80. The van der Waals surface area contributed by atoms with Crippen molar-refractivity contribution in [2.45, 2.75) is 19.1 Å². The lowest BCUT2D eigenvalue weighted by Gasteiger charge is -2.10. The van der Waals surface area contributed by atoms with E-state index in [0.29, 0.717) is 10.6 Å². The quantitative estimate of drug-likeness (QED) is 0.827. The molecule has 2 N–H and O–H groups in total. The van der Waals surface area contributed by atoms with Crippen LogP contribution in [0.1, 0.15) is 12.0 Å². The third kappa shape index (κ3) is 5.02. The number of phenolic OH excluding ortho intramolecular Hbond substituents is 1. The Hall–Kier alpha value is -0.650. The van der Waals surface area contributed by atoms with E-state index in [-0.39, 0.29) is 23.9 Å². The Balaban J connectivity index is 2.52. The average molecular weight is 288 g/mol. The summed E-state index contributed by atoms with van der Waals surface area (Å²) in [6.45, 7) is -0.157. The van der Waals surface area contributed by atoms with Gasteiger partial charge in [0, 0.05) is 23.7 Å². The van der Waals surface area contributed by atoms with Crippen LogP contribution < -0.4 is 5.32 Å². The van der Waals surface area contributed by atoms with Crippen LogP contribution in [0.25, 0.3) is 0 Å². The molecule has 0 aliphatic heterocycles. The SMILES string of the molecule is Oc1c(Cl)cc(Cl)cc1CNCCC(F)(F)F. The highest BCUT2D eigenvalue weighted by atomic mass is 35.5. The summed E-state index contributed by atoms with van der Waals surface area (Å²) in [4.78, 5) is 0. The van der Waals surface area contributed by atoms with E-state index in [0.717, 1.165) is 0 Å². The molecule has 0 aliphatic carbocycles. The van der Waals surface area contributed by atoms with Crippen molar-refractivity contribution in [3.8, 4) is 5.75 Å². The number of halogens is 5. The smallest absolute Gasteiger partial charge is 0.390 e. The van der Waals surface area contributed by atoms with E-state index in [1.165, 1.54) is 12.1 Å². The van der Waals surface area contributed by atoms with E-state index in [1.807, 2.05) is 0 Å². The summed E-state index contributed by atoms with van der Waals surface area (Å²) >= 11 is 11.4.